The summed E-state index contributed by atoms with van der Waals surface area (Å²) in [5.41, 5.74) is 1.38. The molecule has 0 saturated heterocycles. The molecule has 0 saturated carbocycles. The van der Waals surface area contributed by atoms with Gasteiger partial charge in [0.05, 0.1) is 23.8 Å². The minimum Gasteiger partial charge on any atom is -0.491 e. The molecule has 3 rings (SSSR count). The average Bonchev–Trinajstić information content (AvgIpc) is 3.03. The summed E-state index contributed by atoms with van der Waals surface area (Å²) in [6.45, 7) is 6.62. The molecule has 45 heavy (non-hydrogen) atoms. The number of carbonyl (C=O) groups is 2. The van der Waals surface area contributed by atoms with E-state index >= 15 is 0 Å². The standard InChI is InChI=1S/C38H44F2O5/c1-4-6-8-10-11-13-25-43-35-24-22-32(27-34(35)40)38(42)45-36-23-19-30(26-33(36)39)16-15-29-17-20-31(21-18-29)37(41)44-28(3)14-12-9-7-5-2/h17-24,26-28H,4-14,25H2,1-3H3/t28-/m1/s1. The Morgan fingerprint density at radius 3 is 1.93 bits per heavy atom. The van der Waals surface area contributed by atoms with E-state index in [4.69, 9.17) is 14.2 Å². The first-order valence-electron chi connectivity index (χ1n) is 16.1. The lowest BCUT2D eigenvalue weighted by atomic mass is 10.1. The summed E-state index contributed by atoms with van der Waals surface area (Å²) < 4.78 is 45.5. The third-order valence-electron chi connectivity index (χ3n) is 7.30. The summed E-state index contributed by atoms with van der Waals surface area (Å²) in [6.07, 6.45) is 11.8. The maximum atomic E-state index is 14.7. The molecule has 3 aromatic carbocycles. The van der Waals surface area contributed by atoms with E-state index in [0.717, 1.165) is 57.1 Å². The van der Waals surface area contributed by atoms with Gasteiger partial charge in [-0.05, 0) is 86.8 Å². The lowest BCUT2D eigenvalue weighted by molar-refractivity contribution is 0.0319. The minimum atomic E-state index is -0.890. The molecule has 3 aromatic rings. The highest BCUT2D eigenvalue weighted by molar-refractivity contribution is 5.91. The fraction of sp³-hybridized carbons (Fsp3) is 0.421. The molecule has 0 amide bonds. The van der Waals surface area contributed by atoms with Crippen molar-refractivity contribution in [3.8, 4) is 23.3 Å². The van der Waals surface area contributed by atoms with E-state index in [1.807, 2.05) is 6.92 Å². The number of ether oxygens (including phenoxy) is 3. The van der Waals surface area contributed by atoms with Crippen molar-refractivity contribution in [3.63, 3.8) is 0 Å². The molecule has 0 aliphatic carbocycles. The molecule has 0 aromatic heterocycles. The number of esters is 2. The Balaban J connectivity index is 1.50. The van der Waals surface area contributed by atoms with Crippen LogP contribution in [0.3, 0.4) is 0 Å². The first-order chi connectivity index (χ1) is 21.8. The largest absolute Gasteiger partial charge is 0.491 e. The van der Waals surface area contributed by atoms with Crippen LogP contribution in [-0.2, 0) is 4.74 Å². The maximum absolute atomic E-state index is 14.7. The van der Waals surface area contributed by atoms with Crippen LogP contribution in [-0.4, -0.2) is 24.6 Å². The second kappa shape index (κ2) is 19.3. The van der Waals surface area contributed by atoms with Gasteiger partial charge in [0.15, 0.2) is 23.1 Å². The van der Waals surface area contributed by atoms with Crippen molar-refractivity contribution in [2.75, 3.05) is 6.61 Å². The fourth-order valence-corrected chi connectivity index (χ4v) is 4.63. The predicted octanol–water partition coefficient (Wildman–Crippen LogP) is 9.84. The average molecular weight is 619 g/mol. The van der Waals surface area contributed by atoms with E-state index < -0.39 is 17.6 Å². The first-order valence-corrected chi connectivity index (χ1v) is 16.1. The molecule has 240 valence electrons. The highest BCUT2D eigenvalue weighted by atomic mass is 19.1. The van der Waals surface area contributed by atoms with Gasteiger partial charge in [0.2, 0.25) is 0 Å². The second-order valence-electron chi connectivity index (χ2n) is 11.2. The molecule has 0 heterocycles. The topological polar surface area (TPSA) is 61.8 Å². The van der Waals surface area contributed by atoms with Crippen molar-refractivity contribution in [1.82, 2.24) is 0 Å². The third kappa shape index (κ3) is 12.4. The summed E-state index contributed by atoms with van der Waals surface area (Å²) >= 11 is 0. The number of rotatable bonds is 17. The summed E-state index contributed by atoms with van der Waals surface area (Å²) in [6, 6.07) is 14.5. The Bertz CT molecular complexity index is 1440. The highest BCUT2D eigenvalue weighted by Gasteiger charge is 2.16. The molecule has 0 fully saturated rings. The lowest BCUT2D eigenvalue weighted by Gasteiger charge is -2.13. The van der Waals surface area contributed by atoms with E-state index in [-0.39, 0.29) is 29.1 Å². The Labute approximate surface area is 266 Å². The molecule has 0 bridgehead atoms. The summed E-state index contributed by atoms with van der Waals surface area (Å²) in [5, 5.41) is 0. The smallest absolute Gasteiger partial charge is 0.343 e. The van der Waals surface area contributed by atoms with Gasteiger partial charge in [0.25, 0.3) is 0 Å². The molecule has 0 unspecified atom stereocenters. The highest BCUT2D eigenvalue weighted by Crippen LogP contribution is 2.23. The molecular weight excluding hydrogens is 574 g/mol. The monoisotopic (exact) mass is 618 g/mol. The molecule has 0 N–H and O–H groups in total. The van der Waals surface area contributed by atoms with Gasteiger partial charge in [0.1, 0.15) is 0 Å². The van der Waals surface area contributed by atoms with Crippen LogP contribution in [0, 0.1) is 23.5 Å². The van der Waals surface area contributed by atoms with Crippen LogP contribution in [0.25, 0.3) is 0 Å². The van der Waals surface area contributed by atoms with Crippen molar-refractivity contribution in [3.05, 3.63) is 94.6 Å². The lowest BCUT2D eigenvalue weighted by Crippen LogP contribution is -2.15. The van der Waals surface area contributed by atoms with E-state index in [0.29, 0.717) is 23.3 Å². The first kappa shape index (κ1) is 35.3. The van der Waals surface area contributed by atoms with Crippen molar-refractivity contribution < 1.29 is 32.6 Å². The molecule has 7 heteroatoms. The predicted molar refractivity (Wildman–Crippen MR) is 173 cm³/mol. The van der Waals surface area contributed by atoms with Crippen molar-refractivity contribution in [1.29, 1.82) is 0 Å². The Morgan fingerprint density at radius 2 is 1.24 bits per heavy atom. The normalized spacial score (nSPS) is 11.3. The minimum absolute atomic E-state index is 0.0588. The Kier molecular flexibility index (Phi) is 15.1. The number of unbranched alkanes of at least 4 members (excludes halogenated alkanes) is 8. The van der Waals surface area contributed by atoms with Crippen LogP contribution in [0.5, 0.6) is 11.5 Å². The summed E-state index contributed by atoms with van der Waals surface area (Å²) in [7, 11) is 0. The number of carbonyl (C=O) groups excluding carboxylic acids is 2. The second-order valence-corrected chi connectivity index (χ2v) is 11.2. The van der Waals surface area contributed by atoms with Gasteiger partial charge in [-0.2, -0.15) is 0 Å². The molecular formula is C38H44F2O5. The van der Waals surface area contributed by atoms with Crippen LogP contribution in [0.1, 0.15) is 123 Å². The zero-order valence-electron chi connectivity index (χ0n) is 26.6. The number of hydrogen-bond acceptors (Lipinski definition) is 5. The number of halogens is 2. The zero-order valence-corrected chi connectivity index (χ0v) is 26.6. The molecule has 0 aliphatic heterocycles. The van der Waals surface area contributed by atoms with Gasteiger partial charge >= 0.3 is 11.9 Å². The molecule has 5 nitrogen and oxygen atoms in total. The Hall–Kier alpha value is -4.18. The molecule has 0 aliphatic rings. The molecule has 1 atom stereocenters. The summed E-state index contributed by atoms with van der Waals surface area (Å²) in [5.74, 6) is 2.84. The van der Waals surface area contributed by atoms with Crippen LogP contribution < -0.4 is 9.47 Å². The van der Waals surface area contributed by atoms with Gasteiger partial charge in [-0.15, -0.1) is 0 Å². The van der Waals surface area contributed by atoms with Crippen LogP contribution in [0.15, 0.2) is 60.7 Å². The SMILES string of the molecule is CCCCCCCCOc1ccc(C(=O)Oc2ccc(C#Cc3ccc(C(=O)O[C@H](C)CCCCCC)cc3)cc2F)cc1F. The van der Waals surface area contributed by atoms with Crippen LogP contribution in [0.4, 0.5) is 8.78 Å². The number of hydrogen-bond donors (Lipinski definition) is 0. The molecule has 0 radical (unpaired) electrons. The van der Waals surface area contributed by atoms with Crippen LogP contribution >= 0.6 is 0 Å². The van der Waals surface area contributed by atoms with E-state index in [1.54, 1.807) is 24.3 Å². The fourth-order valence-electron chi connectivity index (χ4n) is 4.63. The van der Waals surface area contributed by atoms with Gasteiger partial charge in [-0.1, -0.05) is 77.1 Å². The van der Waals surface area contributed by atoms with Crippen LogP contribution in [0.2, 0.25) is 0 Å². The summed E-state index contributed by atoms with van der Waals surface area (Å²) in [4.78, 5) is 25.0. The maximum Gasteiger partial charge on any atom is 0.343 e. The van der Waals surface area contributed by atoms with E-state index in [2.05, 4.69) is 25.7 Å². The van der Waals surface area contributed by atoms with Crippen molar-refractivity contribution in [2.24, 2.45) is 0 Å². The van der Waals surface area contributed by atoms with Gasteiger partial charge in [-0.25, -0.2) is 18.4 Å². The van der Waals surface area contributed by atoms with E-state index in [9.17, 15) is 18.4 Å². The number of benzene rings is 3. The quantitative estimate of drug-likeness (QED) is 0.0652. The van der Waals surface area contributed by atoms with Gasteiger partial charge in [0, 0.05) is 11.1 Å². The van der Waals surface area contributed by atoms with Gasteiger partial charge in [-0.3, -0.25) is 0 Å². The molecule has 0 spiro atoms. The van der Waals surface area contributed by atoms with Crippen molar-refractivity contribution >= 4 is 11.9 Å². The Morgan fingerprint density at radius 1 is 0.667 bits per heavy atom. The third-order valence-corrected chi connectivity index (χ3v) is 7.30. The van der Waals surface area contributed by atoms with E-state index in [1.165, 1.54) is 49.9 Å². The van der Waals surface area contributed by atoms with Gasteiger partial charge < -0.3 is 14.2 Å². The zero-order chi connectivity index (χ0) is 32.4. The van der Waals surface area contributed by atoms with Crippen molar-refractivity contribution in [2.45, 2.75) is 97.5 Å².